The van der Waals surface area contributed by atoms with Crippen molar-refractivity contribution in [3.63, 3.8) is 0 Å². The van der Waals surface area contributed by atoms with Crippen molar-refractivity contribution in [3.8, 4) is 0 Å². The van der Waals surface area contributed by atoms with Crippen molar-refractivity contribution in [1.82, 2.24) is 0 Å². The van der Waals surface area contributed by atoms with Gasteiger partial charge in [0.15, 0.2) is 0 Å². The average Bonchev–Trinajstić information content (AvgIpc) is 2.81. The summed E-state index contributed by atoms with van der Waals surface area (Å²) in [5, 5.41) is 12.3. The van der Waals surface area contributed by atoms with Crippen molar-refractivity contribution in [2.45, 2.75) is 19.3 Å². The first-order valence-electron chi connectivity index (χ1n) is 5.85. The first kappa shape index (κ1) is 12.9. The molecule has 0 radical (unpaired) electrons. The van der Waals surface area contributed by atoms with E-state index in [9.17, 15) is 9.59 Å². The molecule has 0 spiro atoms. The van der Waals surface area contributed by atoms with E-state index in [2.05, 4.69) is 5.32 Å². The van der Waals surface area contributed by atoms with Gasteiger partial charge in [0, 0.05) is 16.6 Å². The van der Waals surface area contributed by atoms with E-state index in [1.165, 1.54) is 0 Å². The molecule has 0 aliphatic heterocycles. The van der Waals surface area contributed by atoms with Crippen molar-refractivity contribution in [3.05, 3.63) is 29.3 Å². The lowest BCUT2D eigenvalue weighted by Crippen LogP contribution is -2.21. The van der Waals surface area contributed by atoms with Crippen LogP contribution in [0.3, 0.4) is 0 Å². The zero-order valence-electron chi connectivity index (χ0n) is 9.73. The molecule has 0 heterocycles. The van der Waals surface area contributed by atoms with Crippen LogP contribution in [0.15, 0.2) is 24.3 Å². The second-order valence-electron chi connectivity index (χ2n) is 4.54. The van der Waals surface area contributed by atoms with Crippen LogP contribution in [0.4, 0.5) is 5.69 Å². The topological polar surface area (TPSA) is 66.4 Å². The fourth-order valence-corrected chi connectivity index (χ4v) is 2.35. The Morgan fingerprint density at radius 2 is 1.78 bits per heavy atom. The Balaban J connectivity index is 1.93. The lowest BCUT2D eigenvalue weighted by molar-refractivity contribution is -0.141. The number of aliphatic carboxylic acids is 1. The van der Waals surface area contributed by atoms with E-state index < -0.39 is 5.97 Å². The molecule has 1 amide bonds. The summed E-state index contributed by atoms with van der Waals surface area (Å²) in [6.45, 7) is 0. The highest BCUT2D eigenvalue weighted by molar-refractivity contribution is 6.30. The Kier molecular flexibility index (Phi) is 3.87. The summed E-state index contributed by atoms with van der Waals surface area (Å²) in [6.07, 6.45) is 1.64. The number of nitrogens with one attached hydrogen (secondary N) is 1. The molecule has 1 aromatic carbocycles. The van der Waals surface area contributed by atoms with Gasteiger partial charge in [-0.25, -0.2) is 0 Å². The van der Waals surface area contributed by atoms with Gasteiger partial charge in [-0.1, -0.05) is 11.6 Å². The van der Waals surface area contributed by atoms with Crippen LogP contribution < -0.4 is 5.32 Å². The van der Waals surface area contributed by atoms with Crippen LogP contribution in [-0.4, -0.2) is 17.0 Å². The van der Waals surface area contributed by atoms with Gasteiger partial charge in [0.2, 0.25) is 5.91 Å². The van der Waals surface area contributed by atoms with Crippen molar-refractivity contribution in [2.75, 3.05) is 5.32 Å². The van der Waals surface area contributed by atoms with E-state index in [1.807, 2.05) is 0 Å². The Labute approximate surface area is 110 Å². The Hall–Kier alpha value is -1.55. The molecule has 0 aromatic heterocycles. The van der Waals surface area contributed by atoms with Gasteiger partial charge in [0.1, 0.15) is 0 Å². The maximum Gasteiger partial charge on any atom is 0.306 e. The fraction of sp³-hybridized carbons (Fsp3) is 0.385. The monoisotopic (exact) mass is 267 g/mol. The predicted molar refractivity (Wildman–Crippen MR) is 68.5 cm³/mol. The number of amides is 1. The zero-order chi connectivity index (χ0) is 13.1. The molecule has 2 rings (SSSR count). The van der Waals surface area contributed by atoms with Crippen LogP contribution in [0, 0.1) is 11.8 Å². The number of rotatable bonds is 3. The number of hydrogen-bond donors (Lipinski definition) is 2. The van der Waals surface area contributed by atoms with Gasteiger partial charge >= 0.3 is 5.97 Å². The van der Waals surface area contributed by atoms with Crippen molar-refractivity contribution >= 4 is 29.2 Å². The lowest BCUT2D eigenvalue weighted by atomic mass is 10.0. The Morgan fingerprint density at radius 1 is 1.17 bits per heavy atom. The van der Waals surface area contributed by atoms with Crippen LogP contribution in [0.1, 0.15) is 19.3 Å². The molecule has 1 fully saturated rings. The second kappa shape index (κ2) is 5.40. The van der Waals surface area contributed by atoms with Crippen LogP contribution in [0.5, 0.6) is 0 Å². The molecule has 2 N–H and O–H groups in total. The van der Waals surface area contributed by atoms with Gasteiger partial charge in [-0.05, 0) is 43.5 Å². The molecule has 0 unspecified atom stereocenters. The maximum atomic E-state index is 11.9. The number of hydrogen-bond acceptors (Lipinski definition) is 2. The number of carboxylic acids is 1. The van der Waals surface area contributed by atoms with Gasteiger partial charge in [-0.2, -0.15) is 0 Å². The summed E-state index contributed by atoms with van der Waals surface area (Å²) >= 11 is 5.75. The predicted octanol–water partition coefficient (Wildman–Crippen LogP) is 2.78. The number of carboxylic acid groups (broad SMARTS) is 1. The molecule has 4 nitrogen and oxygen atoms in total. The molecule has 0 bridgehead atoms. The number of carbonyl (C=O) groups excluding carboxylic acids is 1. The second-order valence-corrected chi connectivity index (χ2v) is 4.98. The fourth-order valence-electron chi connectivity index (χ4n) is 2.22. The van der Waals surface area contributed by atoms with Gasteiger partial charge in [-0.3, -0.25) is 9.59 Å². The number of benzene rings is 1. The molecule has 2 atom stereocenters. The molecule has 1 aromatic rings. The third-order valence-corrected chi connectivity index (χ3v) is 3.52. The van der Waals surface area contributed by atoms with Crippen LogP contribution in [0.2, 0.25) is 5.02 Å². The molecule has 18 heavy (non-hydrogen) atoms. The third kappa shape index (κ3) is 3.01. The summed E-state index contributed by atoms with van der Waals surface area (Å²) in [7, 11) is 0. The maximum absolute atomic E-state index is 11.9. The lowest BCUT2D eigenvalue weighted by Gasteiger charge is -2.10. The molecular formula is C13H14ClNO3. The molecule has 96 valence electrons. The van der Waals surface area contributed by atoms with Gasteiger partial charge < -0.3 is 10.4 Å². The molecule has 0 saturated heterocycles. The summed E-state index contributed by atoms with van der Waals surface area (Å²) in [5.41, 5.74) is 0.683. The molecule has 5 heteroatoms. The smallest absolute Gasteiger partial charge is 0.306 e. The van der Waals surface area contributed by atoms with Gasteiger partial charge in [-0.15, -0.1) is 0 Å². The van der Waals surface area contributed by atoms with E-state index in [1.54, 1.807) is 24.3 Å². The molecule has 1 aliphatic carbocycles. The molecular weight excluding hydrogens is 254 g/mol. The van der Waals surface area contributed by atoms with Gasteiger partial charge in [0.25, 0.3) is 0 Å². The first-order valence-corrected chi connectivity index (χ1v) is 6.23. The third-order valence-electron chi connectivity index (χ3n) is 3.26. The first-order chi connectivity index (χ1) is 8.56. The Morgan fingerprint density at radius 3 is 2.33 bits per heavy atom. The van der Waals surface area contributed by atoms with E-state index in [0.29, 0.717) is 30.0 Å². The van der Waals surface area contributed by atoms with E-state index in [0.717, 1.165) is 0 Å². The largest absolute Gasteiger partial charge is 0.481 e. The highest BCUT2D eigenvalue weighted by Gasteiger charge is 2.33. The highest BCUT2D eigenvalue weighted by atomic mass is 35.5. The van der Waals surface area contributed by atoms with Crippen molar-refractivity contribution in [2.24, 2.45) is 11.8 Å². The normalized spacial score (nSPS) is 22.7. The zero-order valence-corrected chi connectivity index (χ0v) is 10.5. The van der Waals surface area contributed by atoms with Crippen molar-refractivity contribution < 1.29 is 14.7 Å². The van der Waals surface area contributed by atoms with Crippen molar-refractivity contribution in [1.29, 1.82) is 0 Å². The van der Waals surface area contributed by atoms with Crippen LogP contribution in [-0.2, 0) is 9.59 Å². The summed E-state index contributed by atoms with van der Waals surface area (Å²) < 4.78 is 0. The molecule has 1 aliphatic rings. The minimum atomic E-state index is -0.809. The van der Waals surface area contributed by atoms with E-state index >= 15 is 0 Å². The van der Waals surface area contributed by atoms with E-state index in [4.69, 9.17) is 16.7 Å². The molecule has 1 saturated carbocycles. The summed E-state index contributed by atoms with van der Waals surface area (Å²) in [6, 6.07) is 6.85. The number of halogens is 1. The highest BCUT2D eigenvalue weighted by Crippen LogP contribution is 2.31. The van der Waals surface area contributed by atoms with Crippen LogP contribution >= 0.6 is 11.6 Å². The standard InChI is InChI=1S/C13H14ClNO3/c14-10-3-5-11(6-4-10)15-12(16)8-1-2-9(7-8)13(17)18/h3-6,8-9H,1-2,7H2,(H,15,16)(H,17,18)/t8-,9+/m0/s1. The number of anilines is 1. The minimum Gasteiger partial charge on any atom is -0.481 e. The quantitative estimate of drug-likeness (QED) is 0.885. The Bertz CT molecular complexity index is 458. The summed E-state index contributed by atoms with van der Waals surface area (Å²) in [5.74, 6) is -1.51. The number of carbonyl (C=O) groups is 2. The van der Waals surface area contributed by atoms with Crippen LogP contribution in [0.25, 0.3) is 0 Å². The van der Waals surface area contributed by atoms with Gasteiger partial charge in [0.05, 0.1) is 5.92 Å². The SMILES string of the molecule is O=C(O)[C@@H]1CC[C@H](C(=O)Nc2ccc(Cl)cc2)C1. The average molecular weight is 268 g/mol. The minimum absolute atomic E-state index is 0.110. The summed E-state index contributed by atoms with van der Waals surface area (Å²) in [4.78, 5) is 22.7. The van der Waals surface area contributed by atoms with E-state index in [-0.39, 0.29) is 17.7 Å².